The van der Waals surface area contributed by atoms with Crippen molar-refractivity contribution in [3.63, 3.8) is 0 Å². The molecule has 0 saturated carbocycles. The fraction of sp³-hybridized carbons (Fsp3) is 0.167. The molecule has 1 aliphatic heterocycles. The van der Waals surface area contributed by atoms with Gasteiger partial charge < -0.3 is 14.7 Å². The van der Waals surface area contributed by atoms with Crippen LogP contribution in [0, 0.1) is 0 Å². The van der Waals surface area contributed by atoms with E-state index < -0.39 is 7.82 Å². The maximum absolute atomic E-state index is 10.9. The molecule has 0 unspecified atom stereocenters. The van der Waals surface area contributed by atoms with E-state index in [2.05, 4.69) is 88.5 Å². The van der Waals surface area contributed by atoms with Gasteiger partial charge in [0.15, 0.2) is 0 Å². The summed E-state index contributed by atoms with van der Waals surface area (Å²) in [5, 5.41) is 0. The molecule has 3 aromatic rings. The predicted molar refractivity (Wildman–Crippen MR) is 136 cm³/mol. The first-order valence-electron chi connectivity index (χ1n) is 10.1. The molecule has 32 heavy (non-hydrogen) atoms. The molecule has 166 valence electrons. The molecule has 8 heteroatoms. The van der Waals surface area contributed by atoms with Gasteiger partial charge in [-0.05, 0) is 36.9 Å². The fourth-order valence-corrected chi connectivity index (χ4v) is 6.07. The van der Waals surface area contributed by atoms with E-state index in [-0.39, 0.29) is 6.61 Å². The number of nitrogens with zero attached hydrogens (tertiary/aromatic N) is 1. The zero-order valence-corrected chi connectivity index (χ0v) is 20.1. The van der Waals surface area contributed by atoms with Crippen LogP contribution in [0.3, 0.4) is 0 Å². The van der Waals surface area contributed by atoms with Gasteiger partial charge in [-0.2, -0.15) is 0 Å². The van der Waals surface area contributed by atoms with Crippen LogP contribution in [0.4, 0.5) is 17.1 Å². The smallest absolute Gasteiger partial charge is 0.309 e. The number of thioether (sulfide) groups is 2. The summed E-state index contributed by atoms with van der Waals surface area (Å²) in [5.41, 5.74) is 6.89. The zero-order valence-electron chi connectivity index (χ0n) is 17.5. The standard InChI is InChI=1S/C24H24NO4PS2/c1-31-24(32-17-9-16-29-30(26,27)28)23-19-12-5-7-14-21(19)25(18-10-3-2-4-11-18)22-15-8-6-13-20(22)23/h2-8,10-15H,9,16-17H2,1H3,(H2,26,27,28). The first-order chi connectivity index (χ1) is 15.5. The van der Waals surface area contributed by atoms with Gasteiger partial charge in [0.25, 0.3) is 0 Å². The minimum atomic E-state index is -4.42. The number of rotatable bonds is 8. The molecule has 0 fully saturated rings. The molecule has 0 amide bonds. The molecule has 0 radical (unpaired) electrons. The monoisotopic (exact) mass is 485 g/mol. The van der Waals surface area contributed by atoms with E-state index in [0.29, 0.717) is 12.2 Å². The molecule has 0 aromatic heterocycles. The zero-order chi connectivity index (χ0) is 22.6. The number of benzene rings is 3. The van der Waals surface area contributed by atoms with Crippen molar-refractivity contribution >= 4 is 54.0 Å². The summed E-state index contributed by atoms with van der Waals surface area (Å²) in [6.45, 7) is 0.0310. The number of hydrogen-bond acceptors (Lipinski definition) is 5. The summed E-state index contributed by atoms with van der Waals surface area (Å²) in [5.74, 6) is 0.701. The summed E-state index contributed by atoms with van der Waals surface area (Å²) >= 11 is 3.39. The van der Waals surface area contributed by atoms with Crippen molar-refractivity contribution in [3.8, 4) is 0 Å². The van der Waals surface area contributed by atoms with Gasteiger partial charge in [-0.25, -0.2) is 4.57 Å². The van der Waals surface area contributed by atoms with E-state index >= 15 is 0 Å². The molecule has 1 heterocycles. The largest absolute Gasteiger partial charge is 0.469 e. The highest BCUT2D eigenvalue weighted by Gasteiger charge is 2.29. The van der Waals surface area contributed by atoms with Gasteiger partial charge in [-0.1, -0.05) is 54.6 Å². The molecule has 2 N–H and O–H groups in total. The average Bonchev–Trinajstić information content (AvgIpc) is 2.80. The maximum atomic E-state index is 10.9. The van der Waals surface area contributed by atoms with Crippen LogP contribution in [0.25, 0.3) is 5.57 Å². The molecule has 5 nitrogen and oxygen atoms in total. The van der Waals surface area contributed by atoms with E-state index in [1.165, 1.54) is 20.9 Å². The highest BCUT2D eigenvalue weighted by Crippen LogP contribution is 2.52. The fourth-order valence-electron chi connectivity index (χ4n) is 3.75. The van der Waals surface area contributed by atoms with Crippen molar-refractivity contribution in [2.45, 2.75) is 6.42 Å². The third kappa shape index (κ3) is 5.15. The van der Waals surface area contributed by atoms with Crippen LogP contribution in [0.15, 0.2) is 83.1 Å². The molecule has 0 aliphatic carbocycles. The van der Waals surface area contributed by atoms with E-state index in [0.717, 1.165) is 17.1 Å². The van der Waals surface area contributed by atoms with E-state index in [1.54, 1.807) is 23.5 Å². The van der Waals surface area contributed by atoms with Crippen LogP contribution in [0.5, 0.6) is 0 Å². The highest BCUT2D eigenvalue weighted by atomic mass is 32.2. The summed E-state index contributed by atoms with van der Waals surface area (Å²) in [7, 11) is -4.42. The van der Waals surface area contributed by atoms with Crippen LogP contribution in [0.2, 0.25) is 0 Å². The van der Waals surface area contributed by atoms with Crippen LogP contribution in [-0.2, 0) is 9.09 Å². The van der Waals surface area contributed by atoms with Crippen molar-refractivity contribution in [3.05, 3.63) is 94.2 Å². The summed E-state index contributed by atoms with van der Waals surface area (Å²) < 4.78 is 16.7. The Labute approximate surface area is 196 Å². The minimum absolute atomic E-state index is 0.0310. The van der Waals surface area contributed by atoms with Gasteiger partial charge >= 0.3 is 7.82 Å². The third-order valence-electron chi connectivity index (χ3n) is 5.01. The lowest BCUT2D eigenvalue weighted by molar-refractivity contribution is 0.198. The summed E-state index contributed by atoms with van der Waals surface area (Å²) in [6, 6.07) is 27.2. The Bertz CT molecular complexity index is 1110. The second-order valence-corrected chi connectivity index (χ2v) is 10.5. The molecule has 0 saturated heterocycles. The quantitative estimate of drug-likeness (QED) is 0.210. The lowest BCUT2D eigenvalue weighted by atomic mass is 9.91. The number of phosphoric ester groups is 1. The minimum Gasteiger partial charge on any atom is -0.309 e. The lowest BCUT2D eigenvalue weighted by Crippen LogP contribution is -2.18. The van der Waals surface area contributed by atoms with Crippen LogP contribution in [-0.4, -0.2) is 28.4 Å². The molecule has 4 rings (SSSR count). The van der Waals surface area contributed by atoms with Crippen molar-refractivity contribution < 1.29 is 18.9 Å². The summed E-state index contributed by atoms with van der Waals surface area (Å²) in [4.78, 5) is 20.1. The topological polar surface area (TPSA) is 70.0 Å². The van der Waals surface area contributed by atoms with Crippen LogP contribution in [0.1, 0.15) is 17.5 Å². The molecule has 0 atom stereocenters. The Morgan fingerprint density at radius 1 is 0.906 bits per heavy atom. The second kappa shape index (κ2) is 10.3. The van der Waals surface area contributed by atoms with Crippen LogP contribution >= 0.6 is 31.3 Å². The van der Waals surface area contributed by atoms with Gasteiger partial charge in [-0.3, -0.25) is 4.52 Å². The third-order valence-corrected chi connectivity index (χ3v) is 7.92. The van der Waals surface area contributed by atoms with E-state index in [4.69, 9.17) is 9.79 Å². The Morgan fingerprint density at radius 2 is 1.47 bits per heavy atom. The van der Waals surface area contributed by atoms with Gasteiger partial charge in [-0.15, -0.1) is 23.5 Å². The molecular weight excluding hydrogens is 461 g/mol. The Balaban J connectivity index is 1.74. The van der Waals surface area contributed by atoms with Gasteiger partial charge in [0.2, 0.25) is 0 Å². The van der Waals surface area contributed by atoms with Gasteiger partial charge in [0.05, 0.1) is 18.0 Å². The highest BCUT2D eigenvalue weighted by molar-refractivity contribution is 8.22. The first-order valence-corrected chi connectivity index (χ1v) is 13.9. The Hall–Kier alpha value is -1.99. The average molecular weight is 486 g/mol. The Morgan fingerprint density at radius 3 is 2.03 bits per heavy atom. The van der Waals surface area contributed by atoms with E-state index in [9.17, 15) is 4.57 Å². The lowest BCUT2D eigenvalue weighted by Gasteiger charge is -2.35. The predicted octanol–water partition coefficient (Wildman–Crippen LogP) is 6.78. The number of fused-ring (bicyclic) bond motifs is 2. The molecule has 1 aliphatic rings. The van der Waals surface area contributed by atoms with Gasteiger partial charge in [0, 0.05) is 32.4 Å². The van der Waals surface area contributed by atoms with Crippen molar-refractivity contribution in [1.82, 2.24) is 0 Å². The summed E-state index contributed by atoms with van der Waals surface area (Å²) in [6.07, 6.45) is 2.61. The number of phosphoric acid groups is 1. The number of anilines is 3. The van der Waals surface area contributed by atoms with Crippen LogP contribution < -0.4 is 4.90 Å². The van der Waals surface area contributed by atoms with E-state index in [1.807, 2.05) is 6.07 Å². The number of para-hydroxylation sites is 3. The SMILES string of the molecule is CSC(SCCCOP(=O)(O)O)=C1c2ccccc2N(c2ccccc2)c2ccccc21. The molecular formula is C24H24NO4PS2. The molecule has 0 bridgehead atoms. The van der Waals surface area contributed by atoms with Crippen molar-refractivity contribution in [1.29, 1.82) is 0 Å². The molecule has 0 spiro atoms. The normalized spacial score (nSPS) is 13.0. The van der Waals surface area contributed by atoms with Gasteiger partial charge in [0.1, 0.15) is 0 Å². The first kappa shape index (κ1) is 23.2. The molecule has 3 aromatic carbocycles. The number of hydrogen-bond donors (Lipinski definition) is 2. The van der Waals surface area contributed by atoms with Crippen molar-refractivity contribution in [2.75, 3.05) is 23.5 Å². The Kier molecular flexibility index (Phi) is 7.46. The second-order valence-electron chi connectivity index (χ2n) is 7.10. The van der Waals surface area contributed by atoms with Crippen molar-refractivity contribution in [2.24, 2.45) is 0 Å². The maximum Gasteiger partial charge on any atom is 0.469 e.